The summed E-state index contributed by atoms with van der Waals surface area (Å²) < 4.78 is 5.07. The quantitative estimate of drug-likeness (QED) is 0.915. The molecule has 0 radical (unpaired) electrons. The van der Waals surface area contributed by atoms with Gasteiger partial charge in [-0.05, 0) is 24.8 Å². The molecule has 19 heavy (non-hydrogen) atoms. The number of carbonyl (C=O) groups excluding carboxylic acids is 1. The zero-order valence-electron chi connectivity index (χ0n) is 11.0. The van der Waals surface area contributed by atoms with E-state index in [1.54, 1.807) is 18.9 Å². The Hall–Kier alpha value is -1.40. The van der Waals surface area contributed by atoms with Crippen LogP contribution in [-0.4, -0.2) is 41.6 Å². The first-order chi connectivity index (χ1) is 9.06. The smallest absolute Gasteiger partial charge is 0.308 e. The average Bonchev–Trinajstić information content (AvgIpc) is 2.95. The highest BCUT2D eigenvalue weighted by molar-refractivity contribution is 7.12. The van der Waals surface area contributed by atoms with Gasteiger partial charge in [-0.2, -0.15) is 0 Å². The molecule has 1 aliphatic heterocycles. The number of carbonyl (C=O) groups is 2. The van der Waals surface area contributed by atoms with Gasteiger partial charge in [0.25, 0.3) is 5.91 Å². The lowest BCUT2D eigenvalue weighted by Crippen LogP contribution is -2.37. The molecular formula is C13H17NO4S. The van der Waals surface area contributed by atoms with Crippen LogP contribution in [0, 0.1) is 5.92 Å². The second kappa shape index (κ2) is 5.71. The van der Waals surface area contributed by atoms with E-state index in [-0.39, 0.29) is 11.9 Å². The Morgan fingerprint density at radius 2 is 2.32 bits per heavy atom. The fourth-order valence-corrected chi connectivity index (χ4v) is 3.34. The van der Waals surface area contributed by atoms with Crippen LogP contribution in [0.2, 0.25) is 0 Å². The minimum atomic E-state index is -0.828. The summed E-state index contributed by atoms with van der Waals surface area (Å²) in [5.41, 5.74) is 0.864. The monoisotopic (exact) mass is 283 g/mol. The molecule has 0 aliphatic carbocycles. The highest BCUT2D eigenvalue weighted by Gasteiger charge is 2.39. The van der Waals surface area contributed by atoms with Gasteiger partial charge in [0.05, 0.1) is 17.4 Å². The fourth-order valence-electron chi connectivity index (χ4n) is 2.48. The first-order valence-corrected chi connectivity index (χ1v) is 7.03. The van der Waals surface area contributed by atoms with E-state index in [0.717, 1.165) is 5.56 Å². The van der Waals surface area contributed by atoms with E-state index in [4.69, 9.17) is 9.84 Å². The van der Waals surface area contributed by atoms with Gasteiger partial charge in [0.1, 0.15) is 0 Å². The molecule has 1 aromatic rings. The zero-order valence-corrected chi connectivity index (χ0v) is 11.8. The van der Waals surface area contributed by atoms with Crippen LogP contribution in [0.15, 0.2) is 11.4 Å². The molecule has 2 unspecified atom stereocenters. The minimum Gasteiger partial charge on any atom is -0.481 e. The number of rotatable bonds is 4. The largest absolute Gasteiger partial charge is 0.481 e. The van der Waals surface area contributed by atoms with Crippen molar-refractivity contribution in [2.75, 3.05) is 13.7 Å². The molecule has 2 rings (SSSR count). The number of amides is 1. The summed E-state index contributed by atoms with van der Waals surface area (Å²) in [5.74, 6) is -1.38. The number of carboxylic acids is 1. The third-order valence-electron chi connectivity index (χ3n) is 3.57. The topological polar surface area (TPSA) is 66.8 Å². The minimum absolute atomic E-state index is 0.0849. The van der Waals surface area contributed by atoms with Crippen molar-refractivity contribution in [3.8, 4) is 0 Å². The summed E-state index contributed by atoms with van der Waals surface area (Å²) in [6, 6.07) is 1.61. The van der Waals surface area contributed by atoms with E-state index in [2.05, 4.69) is 0 Å². The summed E-state index contributed by atoms with van der Waals surface area (Å²) in [5, 5.41) is 11.0. The van der Waals surface area contributed by atoms with E-state index in [0.29, 0.717) is 24.4 Å². The molecule has 0 saturated carbocycles. The molecule has 1 N–H and O–H groups in total. The van der Waals surface area contributed by atoms with Crippen LogP contribution in [0.25, 0.3) is 0 Å². The van der Waals surface area contributed by atoms with Gasteiger partial charge in [0.2, 0.25) is 0 Å². The lowest BCUT2D eigenvalue weighted by Gasteiger charge is -2.23. The molecule has 5 nitrogen and oxygen atoms in total. The fraction of sp³-hybridized carbons (Fsp3) is 0.538. The van der Waals surface area contributed by atoms with Crippen LogP contribution in [0.4, 0.5) is 0 Å². The molecule has 104 valence electrons. The van der Waals surface area contributed by atoms with Crippen molar-refractivity contribution in [3.63, 3.8) is 0 Å². The van der Waals surface area contributed by atoms with Crippen LogP contribution in [0.5, 0.6) is 0 Å². The summed E-state index contributed by atoms with van der Waals surface area (Å²) in [6.45, 7) is 2.70. The Balaban J connectivity index is 2.16. The van der Waals surface area contributed by atoms with Crippen LogP contribution in [0.3, 0.4) is 0 Å². The molecule has 6 heteroatoms. The van der Waals surface area contributed by atoms with Crippen molar-refractivity contribution in [2.45, 2.75) is 26.0 Å². The highest BCUT2D eigenvalue weighted by atomic mass is 32.1. The molecule has 1 aliphatic rings. The van der Waals surface area contributed by atoms with Gasteiger partial charge in [0, 0.05) is 25.3 Å². The summed E-state index contributed by atoms with van der Waals surface area (Å²) in [4.78, 5) is 25.9. The second-order valence-electron chi connectivity index (χ2n) is 4.68. The van der Waals surface area contributed by atoms with Gasteiger partial charge in [0.15, 0.2) is 0 Å². The van der Waals surface area contributed by atoms with Crippen molar-refractivity contribution in [2.24, 2.45) is 5.92 Å². The maximum absolute atomic E-state index is 12.5. The van der Waals surface area contributed by atoms with E-state index in [1.165, 1.54) is 11.3 Å². The van der Waals surface area contributed by atoms with Crippen molar-refractivity contribution in [1.29, 1.82) is 0 Å². The molecule has 0 bridgehead atoms. The predicted molar refractivity (Wildman–Crippen MR) is 71.3 cm³/mol. The van der Waals surface area contributed by atoms with Gasteiger partial charge < -0.3 is 14.7 Å². The number of methoxy groups -OCH3 is 1. The molecular weight excluding hydrogens is 266 g/mol. The molecule has 1 fully saturated rings. The zero-order chi connectivity index (χ0) is 14.0. The number of nitrogens with zero attached hydrogens (tertiary/aromatic N) is 1. The Bertz CT molecular complexity index is 485. The van der Waals surface area contributed by atoms with Crippen molar-refractivity contribution >= 4 is 23.2 Å². The second-order valence-corrected chi connectivity index (χ2v) is 5.60. The standard InChI is InChI=1S/C13H17NO4S/c1-8-10(13(16)17)3-5-14(8)12(15)11-9(7-18-2)4-6-19-11/h4,6,8,10H,3,5,7H2,1-2H3,(H,16,17). The van der Waals surface area contributed by atoms with Gasteiger partial charge in [-0.1, -0.05) is 0 Å². The van der Waals surface area contributed by atoms with Crippen molar-refractivity contribution < 1.29 is 19.4 Å². The molecule has 0 spiro atoms. The molecule has 1 aromatic heterocycles. The Morgan fingerprint density at radius 1 is 1.58 bits per heavy atom. The maximum atomic E-state index is 12.5. The Labute approximate surface area is 115 Å². The van der Waals surface area contributed by atoms with E-state index in [1.807, 2.05) is 11.4 Å². The first kappa shape index (κ1) is 14.0. The number of aliphatic carboxylic acids is 1. The number of hydrogen-bond acceptors (Lipinski definition) is 4. The first-order valence-electron chi connectivity index (χ1n) is 6.15. The maximum Gasteiger partial charge on any atom is 0.308 e. The summed E-state index contributed by atoms with van der Waals surface area (Å²) in [7, 11) is 1.59. The summed E-state index contributed by atoms with van der Waals surface area (Å²) >= 11 is 1.38. The molecule has 0 aromatic carbocycles. The molecule has 1 amide bonds. The van der Waals surface area contributed by atoms with Crippen LogP contribution in [0.1, 0.15) is 28.6 Å². The molecule has 1 saturated heterocycles. The number of hydrogen-bond donors (Lipinski definition) is 1. The lowest BCUT2D eigenvalue weighted by molar-refractivity contribution is -0.142. The number of carboxylic acid groups (broad SMARTS) is 1. The van der Waals surface area contributed by atoms with Gasteiger partial charge in [-0.3, -0.25) is 9.59 Å². The summed E-state index contributed by atoms with van der Waals surface area (Å²) in [6.07, 6.45) is 0.521. The van der Waals surface area contributed by atoms with E-state index < -0.39 is 11.9 Å². The van der Waals surface area contributed by atoms with Gasteiger partial charge >= 0.3 is 5.97 Å². The highest BCUT2D eigenvalue weighted by Crippen LogP contribution is 2.28. The van der Waals surface area contributed by atoms with Crippen LogP contribution < -0.4 is 0 Å². The van der Waals surface area contributed by atoms with Crippen molar-refractivity contribution in [1.82, 2.24) is 4.90 Å². The Kier molecular flexibility index (Phi) is 4.21. The third kappa shape index (κ3) is 2.64. The van der Waals surface area contributed by atoms with Gasteiger partial charge in [-0.15, -0.1) is 11.3 Å². The predicted octanol–water partition coefficient (Wildman–Crippen LogP) is 1.83. The third-order valence-corrected chi connectivity index (χ3v) is 4.52. The van der Waals surface area contributed by atoms with Gasteiger partial charge in [-0.25, -0.2) is 0 Å². The molecule has 2 atom stereocenters. The number of ether oxygens (including phenoxy) is 1. The van der Waals surface area contributed by atoms with Crippen molar-refractivity contribution in [3.05, 3.63) is 21.9 Å². The average molecular weight is 283 g/mol. The SMILES string of the molecule is COCc1ccsc1C(=O)N1CCC(C(=O)O)C1C. The molecule has 2 heterocycles. The van der Waals surface area contributed by atoms with E-state index in [9.17, 15) is 9.59 Å². The number of thiophene rings is 1. The van der Waals surface area contributed by atoms with Crippen LogP contribution in [-0.2, 0) is 16.1 Å². The van der Waals surface area contributed by atoms with Crippen LogP contribution >= 0.6 is 11.3 Å². The van der Waals surface area contributed by atoms with E-state index >= 15 is 0 Å². The normalized spacial score (nSPS) is 22.7. The Morgan fingerprint density at radius 3 is 2.89 bits per heavy atom. The number of likely N-dealkylation sites (tertiary alicyclic amines) is 1. The lowest BCUT2D eigenvalue weighted by atomic mass is 10.0.